The van der Waals surface area contributed by atoms with E-state index in [0.29, 0.717) is 12.1 Å². The molecule has 2 atom stereocenters. The summed E-state index contributed by atoms with van der Waals surface area (Å²) >= 11 is 3.50. The average Bonchev–Trinajstić information content (AvgIpc) is 2.51. The number of rotatable bonds is 8. The van der Waals surface area contributed by atoms with Crippen LogP contribution in [0.4, 0.5) is 0 Å². The van der Waals surface area contributed by atoms with Crippen molar-refractivity contribution in [1.82, 2.24) is 10.3 Å². The van der Waals surface area contributed by atoms with Crippen LogP contribution in [0.3, 0.4) is 0 Å². The lowest BCUT2D eigenvalue weighted by Gasteiger charge is -2.25. The van der Waals surface area contributed by atoms with E-state index in [0.717, 1.165) is 24.0 Å². The summed E-state index contributed by atoms with van der Waals surface area (Å²) in [6, 6.07) is 2.69. The maximum Gasteiger partial charge on any atom is 0.0575 e. The summed E-state index contributed by atoms with van der Waals surface area (Å²) in [6.45, 7) is 4.25. The molecule has 1 saturated heterocycles. The van der Waals surface area contributed by atoms with E-state index in [1.54, 1.807) is 0 Å². The third-order valence-electron chi connectivity index (χ3n) is 4.04. The van der Waals surface area contributed by atoms with Gasteiger partial charge in [0.15, 0.2) is 0 Å². The molecule has 3 nitrogen and oxygen atoms in total. The van der Waals surface area contributed by atoms with Crippen LogP contribution in [0.5, 0.6) is 0 Å². The van der Waals surface area contributed by atoms with Crippen molar-refractivity contribution in [2.24, 2.45) is 0 Å². The smallest absolute Gasteiger partial charge is 0.0575 e. The van der Waals surface area contributed by atoms with E-state index < -0.39 is 0 Å². The van der Waals surface area contributed by atoms with Gasteiger partial charge in [-0.3, -0.25) is 4.98 Å². The van der Waals surface area contributed by atoms with Gasteiger partial charge in [-0.15, -0.1) is 0 Å². The number of hydrogen-bond acceptors (Lipinski definition) is 3. The Bertz CT molecular complexity index is 408. The van der Waals surface area contributed by atoms with Crippen molar-refractivity contribution in [2.75, 3.05) is 13.2 Å². The third kappa shape index (κ3) is 6.45. The van der Waals surface area contributed by atoms with Crippen LogP contribution in [0.1, 0.15) is 51.0 Å². The topological polar surface area (TPSA) is 34.1 Å². The molecular formula is C17H27BrN2O. The molecule has 0 amide bonds. The van der Waals surface area contributed by atoms with Crippen molar-refractivity contribution in [3.8, 4) is 0 Å². The molecular weight excluding hydrogens is 328 g/mol. The molecule has 1 aliphatic heterocycles. The number of ether oxygens (including phenoxy) is 1. The molecule has 0 bridgehead atoms. The first kappa shape index (κ1) is 16.9. The van der Waals surface area contributed by atoms with E-state index in [2.05, 4.69) is 39.2 Å². The summed E-state index contributed by atoms with van der Waals surface area (Å²) < 4.78 is 6.91. The SMILES string of the molecule is CCCNC(CCC1CCCCO1)Cc1cncc(Br)c1. The van der Waals surface area contributed by atoms with Gasteiger partial charge in [-0.25, -0.2) is 0 Å². The standard InChI is InChI=1S/C17H27BrN2O/c1-2-8-20-16(6-7-17-5-3-4-9-21-17)11-14-10-15(18)13-19-12-14/h10,12-13,16-17,20H,2-9,11H2,1H3. The van der Waals surface area contributed by atoms with Gasteiger partial charge in [0.05, 0.1) is 6.10 Å². The zero-order valence-electron chi connectivity index (χ0n) is 13.0. The molecule has 1 aromatic rings. The second kappa shape index (κ2) is 9.54. The van der Waals surface area contributed by atoms with Gasteiger partial charge < -0.3 is 10.1 Å². The molecule has 0 spiro atoms. The van der Waals surface area contributed by atoms with Gasteiger partial charge in [-0.05, 0) is 79.1 Å². The quantitative estimate of drug-likeness (QED) is 0.762. The zero-order valence-corrected chi connectivity index (χ0v) is 14.6. The second-order valence-electron chi connectivity index (χ2n) is 5.93. The fraction of sp³-hybridized carbons (Fsp3) is 0.706. The van der Waals surface area contributed by atoms with Crippen molar-refractivity contribution in [1.29, 1.82) is 0 Å². The summed E-state index contributed by atoms with van der Waals surface area (Å²) in [6.07, 6.45) is 12.7. The number of nitrogens with zero attached hydrogens (tertiary/aromatic N) is 1. The van der Waals surface area contributed by atoms with Crippen molar-refractivity contribution in [2.45, 2.75) is 64.0 Å². The molecule has 2 unspecified atom stereocenters. The maximum absolute atomic E-state index is 5.85. The molecule has 2 heterocycles. The molecule has 2 rings (SSSR count). The van der Waals surface area contributed by atoms with Gasteiger partial charge >= 0.3 is 0 Å². The maximum atomic E-state index is 5.85. The Kier molecular flexibility index (Phi) is 7.69. The lowest BCUT2D eigenvalue weighted by Crippen LogP contribution is -2.33. The number of pyridine rings is 1. The van der Waals surface area contributed by atoms with Crippen LogP contribution in [-0.4, -0.2) is 30.3 Å². The molecule has 21 heavy (non-hydrogen) atoms. The number of nitrogens with one attached hydrogen (secondary N) is 1. The van der Waals surface area contributed by atoms with E-state index in [1.807, 2.05) is 12.4 Å². The van der Waals surface area contributed by atoms with Gasteiger partial charge in [0.2, 0.25) is 0 Å². The molecule has 1 fully saturated rings. The highest BCUT2D eigenvalue weighted by atomic mass is 79.9. The van der Waals surface area contributed by atoms with Gasteiger partial charge in [0.25, 0.3) is 0 Å². The van der Waals surface area contributed by atoms with Crippen molar-refractivity contribution < 1.29 is 4.74 Å². The monoisotopic (exact) mass is 354 g/mol. The predicted octanol–water partition coefficient (Wildman–Crippen LogP) is 4.10. The lowest BCUT2D eigenvalue weighted by atomic mass is 9.98. The van der Waals surface area contributed by atoms with Crippen LogP contribution >= 0.6 is 15.9 Å². The minimum absolute atomic E-state index is 0.477. The van der Waals surface area contributed by atoms with E-state index in [1.165, 1.54) is 44.1 Å². The van der Waals surface area contributed by atoms with Gasteiger partial charge in [0.1, 0.15) is 0 Å². The Labute approximate surface area is 137 Å². The Morgan fingerprint density at radius 2 is 2.33 bits per heavy atom. The minimum atomic E-state index is 0.477. The normalized spacial score (nSPS) is 20.4. The van der Waals surface area contributed by atoms with Crippen LogP contribution in [0.15, 0.2) is 22.9 Å². The predicted molar refractivity (Wildman–Crippen MR) is 90.5 cm³/mol. The first-order chi connectivity index (χ1) is 10.3. The average molecular weight is 355 g/mol. The van der Waals surface area contributed by atoms with Crippen LogP contribution < -0.4 is 5.32 Å². The summed E-state index contributed by atoms with van der Waals surface area (Å²) in [5.74, 6) is 0. The Morgan fingerprint density at radius 1 is 1.43 bits per heavy atom. The molecule has 1 aromatic heterocycles. The minimum Gasteiger partial charge on any atom is -0.378 e. The largest absolute Gasteiger partial charge is 0.378 e. The van der Waals surface area contributed by atoms with E-state index in [9.17, 15) is 0 Å². The van der Waals surface area contributed by atoms with Crippen LogP contribution in [0.25, 0.3) is 0 Å². The first-order valence-corrected chi connectivity index (χ1v) is 9.01. The Hall–Kier alpha value is -0.450. The summed E-state index contributed by atoms with van der Waals surface area (Å²) in [4.78, 5) is 4.27. The number of hydrogen-bond donors (Lipinski definition) is 1. The van der Waals surface area contributed by atoms with E-state index >= 15 is 0 Å². The highest BCUT2D eigenvalue weighted by molar-refractivity contribution is 9.10. The molecule has 1 N–H and O–H groups in total. The zero-order chi connectivity index (χ0) is 14.9. The molecule has 4 heteroatoms. The van der Waals surface area contributed by atoms with Crippen LogP contribution in [0.2, 0.25) is 0 Å². The fourth-order valence-electron chi connectivity index (χ4n) is 2.90. The van der Waals surface area contributed by atoms with Crippen molar-refractivity contribution in [3.05, 3.63) is 28.5 Å². The second-order valence-corrected chi connectivity index (χ2v) is 6.85. The number of aromatic nitrogens is 1. The Balaban J connectivity index is 1.84. The number of halogens is 1. The van der Waals surface area contributed by atoms with Gasteiger partial charge in [0, 0.05) is 29.5 Å². The molecule has 0 radical (unpaired) electrons. The lowest BCUT2D eigenvalue weighted by molar-refractivity contribution is 0.00858. The third-order valence-corrected chi connectivity index (χ3v) is 4.47. The van der Waals surface area contributed by atoms with E-state index in [-0.39, 0.29) is 0 Å². The van der Waals surface area contributed by atoms with E-state index in [4.69, 9.17) is 4.74 Å². The molecule has 118 valence electrons. The molecule has 0 aliphatic carbocycles. The Morgan fingerprint density at radius 3 is 3.05 bits per heavy atom. The summed E-state index contributed by atoms with van der Waals surface area (Å²) in [5, 5.41) is 3.68. The summed E-state index contributed by atoms with van der Waals surface area (Å²) in [7, 11) is 0. The van der Waals surface area contributed by atoms with Crippen molar-refractivity contribution in [3.63, 3.8) is 0 Å². The van der Waals surface area contributed by atoms with Gasteiger partial charge in [-0.2, -0.15) is 0 Å². The van der Waals surface area contributed by atoms with Crippen LogP contribution in [-0.2, 0) is 11.2 Å². The van der Waals surface area contributed by atoms with Crippen LogP contribution in [0, 0.1) is 0 Å². The summed E-state index contributed by atoms with van der Waals surface area (Å²) in [5.41, 5.74) is 1.29. The highest BCUT2D eigenvalue weighted by Gasteiger charge is 2.17. The molecule has 0 saturated carbocycles. The van der Waals surface area contributed by atoms with Gasteiger partial charge in [-0.1, -0.05) is 6.92 Å². The molecule has 0 aromatic carbocycles. The van der Waals surface area contributed by atoms with Crippen molar-refractivity contribution >= 4 is 15.9 Å². The first-order valence-electron chi connectivity index (χ1n) is 8.22. The molecule has 1 aliphatic rings. The highest BCUT2D eigenvalue weighted by Crippen LogP contribution is 2.19. The fourth-order valence-corrected chi connectivity index (χ4v) is 3.31.